The maximum Gasteiger partial charge on any atom is 0.329 e. The lowest BCUT2D eigenvalue weighted by Gasteiger charge is -2.09. The van der Waals surface area contributed by atoms with Crippen molar-refractivity contribution in [2.45, 2.75) is 6.61 Å². The highest BCUT2D eigenvalue weighted by Gasteiger charge is 2.13. The van der Waals surface area contributed by atoms with E-state index in [9.17, 15) is 14.0 Å². The first kappa shape index (κ1) is 21.2. The van der Waals surface area contributed by atoms with E-state index >= 15 is 0 Å². The van der Waals surface area contributed by atoms with Crippen molar-refractivity contribution < 1.29 is 18.7 Å². The number of hydrazone groups is 1. The molecule has 0 spiro atoms. The van der Waals surface area contributed by atoms with Crippen LogP contribution >= 0.6 is 15.9 Å². The van der Waals surface area contributed by atoms with Crippen molar-refractivity contribution >= 4 is 39.6 Å². The maximum absolute atomic E-state index is 12.9. The van der Waals surface area contributed by atoms with Crippen LogP contribution in [-0.4, -0.2) is 18.0 Å². The Balaban J connectivity index is 1.57. The lowest BCUT2D eigenvalue weighted by molar-refractivity contribution is -0.136. The van der Waals surface area contributed by atoms with E-state index in [4.69, 9.17) is 4.74 Å². The van der Waals surface area contributed by atoms with E-state index in [1.54, 1.807) is 18.2 Å². The van der Waals surface area contributed by atoms with Gasteiger partial charge < -0.3 is 10.1 Å². The molecule has 8 heteroatoms. The number of hydrogen-bond donors (Lipinski definition) is 2. The van der Waals surface area contributed by atoms with Gasteiger partial charge in [-0.05, 0) is 54.1 Å². The number of ether oxygens (including phenoxy) is 1. The van der Waals surface area contributed by atoms with Gasteiger partial charge in [0.1, 0.15) is 18.2 Å². The number of nitrogens with one attached hydrogen (secondary N) is 2. The lowest BCUT2D eigenvalue weighted by atomic mass is 10.2. The Morgan fingerprint density at radius 1 is 1.00 bits per heavy atom. The summed E-state index contributed by atoms with van der Waals surface area (Å²) in [5, 5.41) is 6.17. The first-order chi connectivity index (χ1) is 14.5. The number of anilines is 1. The number of halogens is 2. The molecule has 0 saturated carbocycles. The number of nitrogens with zero attached hydrogens (tertiary/aromatic N) is 1. The van der Waals surface area contributed by atoms with Gasteiger partial charge in [-0.2, -0.15) is 5.10 Å². The van der Waals surface area contributed by atoms with E-state index in [0.29, 0.717) is 23.6 Å². The van der Waals surface area contributed by atoms with Gasteiger partial charge in [0.15, 0.2) is 0 Å². The van der Waals surface area contributed by atoms with E-state index in [2.05, 4.69) is 31.8 Å². The molecule has 3 aromatic carbocycles. The fourth-order valence-electron chi connectivity index (χ4n) is 2.44. The molecule has 0 aromatic heterocycles. The normalized spacial score (nSPS) is 10.6. The predicted octanol–water partition coefficient (Wildman–Crippen LogP) is 4.26. The molecular weight excluding hydrogens is 453 g/mol. The summed E-state index contributed by atoms with van der Waals surface area (Å²) in [5.41, 5.74) is 4.07. The number of para-hydroxylation sites is 1. The maximum atomic E-state index is 12.9. The number of rotatable bonds is 6. The summed E-state index contributed by atoms with van der Waals surface area (Å²) in [5.74, 6) is -1.74. The molecule has 30 heavy (non-hydrogen) atoms. The van der Waals surface area contributed by atoms with Crippen molar-refractivity contribution in [3.05, 3.63) is 94.2 Å². The summed E-state index contributed by atoms with van der Waals surface area (Å²) in [6.07, 6.45) is 1.39. The van der Waals surface area contributed by atoms with Gasteiger partial charge in [-0.3, -0.25) is 9.59 Å². The molecule has 3 rings (SSSR count). The molecule has 152 valence electrons. The number of carbonyl (C=O) groups excluding carboxylic acids is 2. The summed E-state index contributed by atoms with van der Waals surface area (Å²) < 4.78 is 19.7. The molecule has 0 unspecified atom stereocenters. The third-order valence-electron chi connectivity index (χ3n) is 3.88. The molecule has 2 amide bonds. The molecule has 3 aromatic rings. The van der Waals surface area contributed by atoms with Gasteiger partial charge in [-0.1, -0.05) is 40.2 Å². The Kier molecular flexibility index (Phi) is 7.29. The Hall–Kier alpha value is -3.52. The highest BCUT2D eigenvalue weighted by molar-refractivity contribution is 9.10. The quantitative estimate of drug-likeness (QED) is 0.321. The average molecular weight is 470 g/mol. The Bertz CT molecular complexity index is 1070. The smallest absolute Gasteiger partial charge is 0.329 e. The zero-order chi connectivity index (χ0) is 21.3. The molecule has 0 bridgehead atoms. The van der Waals surface area contributed by atoms with Gasteiger partial charge in [0.05, 0.1) is 6.21 Å². The number of benzene rings is 3. The second-order valence-corrected chi connectivity index (χ2v) is 7.03. The highest BCUT2D eigenvalue weighted by Crippen LogP contribution is 2.19. The van der Waals surface area contributed by atoms with E-state index in [0.717, 1.165) is 10.0 Å². The SMILES string of the molecule is O=C(N/N=C/c1ccccc1OCc1cccc(Br)c1)C(=O)Nc1ccc(F)cc1. The van der Waals surface area contributed by atoms with Gasteiger partial charge in [0.2, 0.25) is 0 Å². The fourth-order valence-corrected chi connectivity index (χ4v) is 2.89. The highest BCUT2D eigenvalue weighted by atomic mass is 79.9. The first-order valence-corrected chi connectivity index (χ1v) is 9.67. The predicted molar refractivity (Wildman–Crippen MR) is 116 cm³/mol. The molecule has 0 aliphatic rings. The van der Waals surface area contributed by atoms with Gasteiger partial charge in [-0.15, -0.1) is 0 Å². The minimum Gasteiger partial charge on any atom is -0.488 e. The van der Waals surface area contributed by atoms with Crippen LogP contribution in [0, 0.1) is 5.82 Å². The minimum absolute atomic E-state index is 0.298. The van der Waals surface area contributed by atoms with Gasteiger partial charge in [-0.25, -0.2) is 9.82 Å². The zero-order valence-corrected chi connectivity index (χ0v) is 17.2. The van der Waals surface area contributed by atoms with Crippen LogP contribution < -0.4 is 15.5 Å². The molecule has 0 aliphatic carbocycles. The Labute approximate surface area is 180 Å². The van der Waals surface area contributed by atoms with Gasteiger partial charge in [0.25, 0.3) is 0 Å². The third-order valence-corrected chi connectivity index (χ3v) is 4.37. The summed E-state index contributed by atoms with van der Waals surface area (Å²) in [6.45, 7) is 0.358. The fraction of sp³-hybridized carbons (Fsp3) is 0.0455. The van der Waals surface area contributed by atoms with E-state index in [-0.39, 0.29) is 0 Å². The summed E-state index contributed by atoms with van der Waals surface area (Å²) in [7, 11) is 0. The standard InChI is InChI=1S/C22H17BrFN3O3/c23-17-6-3-4-15(12-17)14-30-20-7-2-1-5-16(20)13-25-27-22(29)21(28)26-19-10-8-18(24)9-11-19/h1-13H,14H2,(H,26,28)(H,27,29)/b25-13+. The van der Waals surface area contributed by atoms with Crippen molar-refractivity contribution in [2.24, 2.45) is 5.10 Å². The molecule has 0 radical (unpaired) electrons. The molecular formula is C22H17BrFN3O3. The Morgan fingerprint density at radius 2 is 1.77 bits per heavy atom. The van der Waals surface area contributed by atoms with Crippen molar-refractivity contribution in [3.8, 4) is 5.75 Å². The largest absolute Gasteiger partial charge is 0.488 e. The summed E-state index contributed by atoms with van der Waals surface area (Å²) in [6, 6.07) is 20.0. The molecule has 0 atom stereocenters. The zero-order valence-electron chi connectivity index (χ0n) is 15.6. The van der Waals surface area contributed by atoms with E-state index in [1.807, 2.05) is 30.3 Å². The van der Waals surface area contributed by atoms with Crippen LogP contribution in [-0.2, 0) is 16.2 Å². The van der Waals surface area contributed by atoms with Crippen molar-refractivity contribution in [3.63, 3.8) is 0 Å². The van der Waals surface area contributed by atoms with Crippen LogP contribution in [0.5, 0.6) is 5.75 Å². The minimum atomic E-state index is -0.955. The van der Waals surface area contributed by atoms with Crippen molar-refractivity contribution in [2.75, 3.05) is 5.32 Å². The first-order valence-electron chi connectivity index (χ1n) is 8.87. The van der Waals surface area contributed by atoms with Crippen LogP contribution in [0.3, 0.4) is 0 Å². The molecule has 6 nitrogen and oxygen atoms in total. The van der Waals surface area contributed by atoms with Crippen LogP contribution in [0.2, 0.25) is 0 Å². The number of carbonyl (C=O) groups is 2. The Morgan fingerprint density at radius 3 is 2.53 bits per heavy atom. The molecule has 0 saturated heterocycles. The average Bonchev–Trinajstić information content (AvgIpc) is 2.74. The van der Waals surface area contributed by atoms with Gasteiger partial charge >= 0.3 is 11.8 Å². The lowest BCUT2D eigenvalue weighted by Crippen LogP contribution is -2.32. The summed E-state index contributed by atoms with van der Waals surface area (Å²) >= 11 is 3.42. The van der Waals surface area contributed by atoms with E-state index < -0.39 is 17.6 Å². The molecule has 0 fully saturated rings. The second-order valence-electron chi connectivity index (χ2n) is 6.12. The van der Waals surface area contributed by atoms with Gasteiger partial charge in [0, 0.05) is 15.7 Å². The number of hydrogen-bond acceptors (Lipinski definition) is 4. The van der Waals surface area contributed by atoms with Crippen LogP contribution in [0.15, 0.2) is 82.4 Å². The van der Waals surface area contributed by atoms with Crippen molar-refractivity contribution in [1.82, 2.24) is 5.43 Å². The van der Waals surface area contributed by atoms with E-state index in [1.165, 1.54) is 30.5 Å². The van der Waals surface area contributed by atoms with Crippen LogP contribution in [0.4, 0.5) is 10.1 Å². The molecule has 0 aliphatic heterocycles. The second kappa shape index (κ2) is 10.3. The summed E-state index contributed by atoms with van der Waals surface area (Å²) in [4.78, 5) is 23.8. The molecule has 0 heterocycles. The number of amides is 2. The molecule has 2 N–H and O–H groups in total. The third kappa shape index (κ3) is 6.25. The monoisotopic (exact) mass is 469 g/mol. The van der Waals surface area contributed by atoms with Crippen molar-refractivity contribution in [1.29, 1.82) is 0 Å². The van der Waals surface area contributed by atoms with Crippen LogP contribution in [0.25, 0.3) is 0 Å². The van der Waals surface area contributed by atoms with Crippen LogP contribution in [0.1, 0.15) is 11.1 Å². The topological polar surface area (TPSA) is 79.8 Å².